The van der Waals surface area contributed by atoms with Gasteiger partial charge in [0.15, 0.2) is 0 Å². The van der Waals surface area contributed by atoms with Crippen LogP contribution in [0.1, 0.15) is 29.7 Å². The molecule has 3 aliphatic rings. The van der Waals surface area contributed by atoms with Crippen LogP contribution in [0.5, 0.6) is 6.01 Å². The molecule has 2 fully saturated rings. The number of hydrogen-bond donors (Lipinski definition) is 0. The second kappa shape index (κ2) is 13.2. The number of fused-ring (bicyclic) bond motifs is 2. The van der Waals surface area contributed by atoms with E-state index in [0.717, 1.165) is 72.8 Å². The fraction of sp³-hybridized carbons (Fsp3) is 0.469. The number of alkyl halides is 2. The van der Waals surface area contributed by atoms with E-state index in [1.165, 1.54) is 6.08 Å². The monoisotopic (exact) mass is 592 g/mol. The van der Waals surface area contributed by atoms with Gasteiger partial charge in [-0.1, -0.05) is 30.8 Å². The highest BCUT2D eigenvalue weighted by molar-refractivity contribution is 5.95. The molecule has 3 aromatic rings. The Morgan fingerprint density at radius 3 is 2.58 bits per heavy atom. The number of anilines is 2. The Kier molecular flexibility index (Phi) is 8.99. The van der Waals surface area contributed by atoms with Crippen molar-refractivity contribution in [3.8, 4) is 6.01 Å². The van der Waals surface area contributed by atoms with Crippen LogP contribution in [0.15, 0.2) is 49.1 Å². The summed E-state index contributed by atoms with van der Waals surface area (Å²) in [6.45, 7) is 12.0. The summed E-state index contributed by atoms with van der Waals surface area (Å²) in [4.78, 5) is 30.4. The van der Waals surface area contributed by atoms with Crippen LogP contribution in [0.25, 0.3) is 10.8 Å². The summed E-state index contributed by atoms with van der Waals surface area (Å²) in [6.07, 6.45) is 0.308. The van der Waals surface area contributed by atoms with Gasteiger partial charge in [0, 0.05) is 74.6 Å². The number of hydrogen-bond acceptors (Lipinski definition) is 8. The van der Waals surface area contributed by atoms with Gasteiger partial charge in [0.05, 0.1) is 32.1 Å². The molecule has 0 bridgehead atoms. The van der Waals surface area contributed by atoms with E-state index < -0.39 is 6.43 Å². The molecule has 0 N–H and O–H groups in total. The molecule has 228 valence electrons. The Morgan fingerprint density at radius 1 is 1.02 bits per heavy atom. The predicted molar refractivity (Wildman–Crippen MR) is 162 cm³/mol. The minimum Gasteiger partial charge on any atom is -0.463 e. The molecule has 0 saturated carbocycles. The van der Waals surface area contributed by atoms with Crippen molar-refractivity contribution >= 4 is 28.2 Å². The average Bonchev–Trinajstić information content (AvgIpc) is 3.05. The van der Waals surface area contributed by atoms with Crippen LogP contribution in [-0.2, 0) is 22.5 Å². The van der Waals surface area contributed by atoms with Gasteiger partial charge in [0.2, 0.25) is 5.91 Å². The lowest BCUT2D eigenvalue weighted by Crippen LogP contribution is -2.49. The summed E-state index contributed by atoms with van der Waals surface area (Å²) in [5.41, 5.74) is 2.69. The van der Waals surface area contributed by atoms with E-state index in [-0.39, 0.29) is 11.5 Å². The van der Waals surface area contributed by atoms with E-state index >= 15 is 0 Å². The zero-order valence-electron chi connectivity index (χ0n) is 24.4. The number of carbonyl (C=O) groups is 1. The fourth-order valence-electron chi connectivity index (χ4n) is 6.17. The van der Waals surface area contributed by atoms with Crippen molar-refractivity contribution in [2.45, 2.75) is 25.8 Å². The largest absolute Gasteiger partial charge is 0.463 e. The number of benzene rings is 2. The lowest BCUT2D eigenvalue weighted by atomic mass is 10.00. The number of rotatable bonds is 9. The quantitative estimate of drug-likeness (QED) is 0.272. The number of morpholine rings is 1. The Bertz CT molecular complexity index is 1460. The molecule has 1 amide bonds. The summed E-state index contributed by atoms with van der Waals surface area (Å²) in [5.74, 6) is 0.771. The van der Waals surface area contributed by atoms with Gasteiger partial charge in [-0.05, 0) is 36.4 Å². The molecule has 0 aliphatic carbocycles. The molecule has 0 spiro atoms. The van der Waals surface area contributed by atoms with Crippen molar-refractivity contribution in [3.05, 3.63) is 65.9 Å². The highest BCUT2D eigenvalue weighted by Crippen LogP contribution is 2.37. The minimum atomic E-state index is -2.56. The molecule has 0 atom stereocenters. The average molecular weight is 593 g/mol. The van der Waals surface area contributed by atoms with Gasteiger partial charge in [-0.3, -0.25) is 9.69 Å². The Morgan fingerprint density at radius 2 is 1.81 bits per heavy atom. The molecule has 43 heavy (non-hydrogen) atoms. The van der Waals surface area contributed by atoms with Crippen molar-refractivity contribution in [2.75, 3.05) is 82.0 Å². The molecule has 2 saturated heterocycles. The van der Waals surface area contributed by atoms with Crippen molar-refractivity contribution < 1.29 is 23.0 Å². The first-order valence-corrected chi connectivity index (χ1v) is 15.0. The van der Waals surface area contributed by atoms with Crippen LogP contribution in [0.3, 0.4) is 0 Å². The first-order chi connectivity index (χ1) is 21.0. The molecule has 4 heterocycles. The maximum atomic E-state index is 13.9. The second-order valence-corrected chi connectivity index (χ2v) is 11.2. The summed E-state index contributed by atoms with van der Waals surface area (Å²) in [6, 6.07) is 11.2. The highest BCUT2D eigenvalue weighted by atomic mass is 19.3. The molecule has 2 aromatic carbocycles. The minimum absolute atomic E-state index is 0.0131. The number of piperazine rings is 1. The SMILES string of the molecule is C=CC(=O)N1CCN(c2nc(OCCCN3CCOCC3)nc3c2CCN(c2cc(C(F)F)cc4ccccc24)C3)CC1. The molecular formula is C32H38F2N6O3. The predicted octanol–water partition coefficient (Wildman–Crippen LogP) is 4.07. The first kappa shape index (κ1) is 29.3. The number of amides is 1. The van der Waals surface area contributed by atoms with Crippen molar-refractivity contribution in [1.29, 1.82) is 0 Å². The van der Waals surface area contributed by atoms with Crippen LogP contribution in [0.4, 0.5) is 20.3 Å². The Hall–Kier alpha value is -3.83. The third-order valence-electron chi connectivity index (χ3n) is 8.50. The summed E-state index contributed by atoms with van der Waals surface area (Å²) >= 11 is 0. The Labute approximate surface area is 250 Å². The van der Waals surface area contributed by atoms with Gasteiger partial charge in [-0.2, -0.15) is 9.97 Å². The van der Waals surface area contributed by atoms with E-state index in [4.69, 9.17) is 19.4 Å². The van der Waals surface area contributed by atoms with Crippen molar-refractivity contribution in [2.24, 2.45) is 0 Å². The number of nitrogens with zero attached hydrogens (tertiary/aromatic N) is 6. The maximum absolute atomic E-state index is 13.9. The summed E-state index contributed by atoms with van der Waals surface area (Å²) < 4.78 is 39.3. The lowest BCUT2D eigenvalue weighted by Gasteiger charge is -2.38. The van der Waals surface area contributed by atoms with E-state index in [1.54, 1.807) is 17.0 Å². The van der Waals surface area contributed by atoms with Crippen LogP contribution in [0.2, 0.25) is 0 Å². The molecule has 9 nitrogen and oxygen atoms in total. The van der Waals surface area contributed by atoms with Crippen LogP contribution in [-0.4, -0.2) is 97.9 Å². The zero-order valence-corrected chi connectivity index (χ0v) is 24.4. The number of aromatic nitrogens is 2. The Balaban J connectivity index is 1.26. The van der Waals surface area contributed by atoms with Gasteiger partial charge in [0.25, 0.3) is 6.43 Å². The molecular weight excluding hydrogens is 554 g/mol. The van der Waals surface area contributed by atoms with Crippen LogP contribution < -0.4 is 14.5 Å². The van der Waals surface area contributed by atoms with E-state index in [1.807, 2.05) is 24.3 Å². The fourth-order valence-corrected chi connectivity index (χ4v) is 6.17. The normalized spacial score (nSPS) is 17.8. The van der Waals surface area contributed by atoms with Gasteiger partial charge < -0.3 is 24.2 Å². The number of halogens is 2. The molecule has 11 heteroatoms. The number of ether oxygens (including phenoxy) is 2. The van der Waals surface area contributed by atoms with E-state index in [9.17, 15) is 13.6 Å². The van der Waals surface area contributed by atoms with Crippen molar-refractivity contribution in [1.82, 2.24) is 19.8 Å². The standard InChI is InChI=1S/C32H38F2N6O3/c1-2-29(41)38-11-13-39(14-12-38)31-26-8-10-40(28-21-24(30(33)34)20-23-6-3-4-7-25(23)28)22-27(26)35-32(36-31)43-17-5-9-37-15-18-42-19-16-37/h2-4,6-7,20-21,30H,1,5,8-19,22H2. The summed E-state index contributed by atoms with van der Waals surface area (Å²) in [7, 11) is 0. The maximum Gasteiger partial charge on any atom is 0.318 e. The van der Waals surface area contributed by atoms with Crippen LogP contribution >= 0.6 is 0 Å². The third-order valence-corrected chi connectivity index (χ3v) is 8.50. The number of carbonyl (C=O) groups excluding carboxylic acids is 1. The van der Waals surface area contributed by atoms with E-state index in [0.29, 0.717) is 58.3 Å². The molecule has 3 aliphatic heterocycles. The summed E-state index contributed by atoms with van der Waals surface area (Å²) in [5, 5.41) is 1.73. The van der Waals surface area contributed by atoms with Crippen molar-refractivity contribution in [3.63, 3.8) is 0 Å². The van der Waals surface area contributed by atoms with Gasteiger partial charge >= 0.3 is 6.01 Å². The highest BCUT2D eigenvalue weighted by Gasteiger charge is 2.29. The van der Waals surface area contributed by atoms with E-state index in [2.05, 4.69) is 21.3 Å². The molecule has 1 aromatic heterocycles. The second-order valence-electron chi connectivity index (χ2n) is 11.2. The lowest BCUT2D eigenvalue weighted by molar-refractivity contribution is -0.126. The molecule has 0 radical (unpaired) electrons. The zero-order chi connectivity index (χ0) is 29.8. The topological polar surface area (TPSA) is 74.3 Å². The molecule has 6 rings (SSSR count). The third kappa shape index (κ3) is 6.57. The smallest absolute Gasteiger partial charge is 0.318 e. The van der Waals surface area contributed by atoms with Gasteiger partial charge in [0.1, 0.15) is 5.82 Å². The first-order valence-electron chi connectivity index (χ1n) is 15.0. The van der Waals surface area contributed by atoms with Gasteiger partial charge in [-0.25, -0.2) is 8.78 Å². The molecule has 0 unspecified atom stereocenters. The van der Waals surface area contributed by atoms with Gasteiger partial charge in [-0.15, -0.1) is 0 Å². The van der Waals surface area contributed by atoms with Crippen LogP contribution in [0, 0.1) is 0 Å².